The van der Waals surface area contributed by atoms with Crippen LogP contribution in [0, 0.1) is 0 Å². The van der Waals surface area contributed by atoms with Gasteiger partial charge in [0.25, 0.3) is 5.56 Å². The summed E-state index contributed by atoms with van der Waals surface area (Å²) in [6.07, 6.45) is 1.96. The second kappa shape index (κ2) is 8.29. The molecule has 1 aromatic heterocycles. The molecular weight excluding hydrogens is 386 g/mol. The maximum absolute atomic E-state index is 12.9. The summed E-state index contributed by atoms with van der Waals surface area (Å²) in [7, 11) is 1.62. The Morgan fingerprint density at radius 1 is 1.24 bits per heavy atom. The minimum atomic E-state index is -0.369. The summed E-state index contributed by atoms with van der Waals surface area (Å²) in [5.41, 5.74) is 1.64. The van der Waals surface area contributed by atoms with E-state index in [-0.39, 0.29) is 22.8 Å². The fourth-order valence-corrected chi connectivity index (χ4v) is 4.15. The fourth-order valence-electron chi connectivity index (χ4n) is 3.15. The first-order valence-corrected chi connectivity index (χ1v) is 10.5. The number of aromatic nitrogens is 2. The molecule has 0 spiro atoms. The van der Waals surface area contributed by atoms with E-state index in [1.807, 2.05) is 55.5 Å². The van der Waals surface area contributed by atoms with Crippen LogP contribution in [-0.4, -0.2) is 27.8 Å². The van der Waals surface area contributed by atoms with Crippen molar-refractivity contribution in [1.82, 2.24) is 14.9 Å². The molecule has 1 saturated carbocycles. The van der Waals surface area contributed by atoms with Gasteiger partial charge in [0.05, 0.1) is 23.3 Å². The van der Waals surface area contributed by atoms with E-state index in [9.17, 15) is 9.59 Å². The van der Waals surface area contributed by atoms with Gasteiger partial charge in [0, 0.05) is 12.6 Å². The van der Waals surface area contributed by atoms with E-state index in [1.54, 1.807) is 11.7 Å². The third-order valence-electron chi connectivity index (χ3n) is 4.96. The lowest BCUT2D eigenvalue weighted by atomic mass is 10.2. The average molecular weight is 410 g/mol. The van der Waals surface area contributed by atoms with Crippen LogP contribution in [0.5, 0.6) is 5.75 Å². The molecule has 0 unspecified atom stereocenters. The molecule has 1 aliphatic carbocycles. The normalized spacial score (nSPS) is 14.6. The summed E-state index contributed by atoms with van der Waals surface area (Å²) in [5.74, 6) is 0.694. The van der Waals surface area contributed by atoms with Crippen molar-refractivity contribution >= 4 is 28.6 Å². The molecule has 0 bridgehead atoms. The lowest BCUT2D eigenvalue weighted by Gasteiger charge is -2.16. The third kappa shape index (κ3) is 4.29. The van der Waals surface area contributed by atoms with Crippen LogP contribution in [0.4, 0.5) is 0 Å². The summed E-state index contributed by atoms with van der Waals surface area (Å²) < 4.78 is 6.91. The van der Waals surface area contributed by atoms with Gasteiger partial charge in [0.2, 0.25) is 5.91 Å². The molecule has 3 aromatic rings. The third-order valence-corrected chi connectivity index (χ3v) is 6.03. The Morgan fingerprint density at radius 3 is 2.66 bits per heavy atom. The van der Waals surface area contributed by atoms with Crippen molar-refractivity contribution < 1.29 is 9.53 Å². The Morgan fingerprint density at radius 2 is 1.97 bits per heavy atom. The van der Waals surface area contributed by atoms with Gasteiger partial charge in [0.15, 0.2) is 5.16 Å². The van der Waals surface area contributed by atoms with E-state index in [0.29, 0.717) is 22.6 Å². The summed E-state index contributed by atoms with van der Waals surface area (Å²) in [6.45, 7) is 2.28. The molecular formula is C22H23N3O3S. The first kappa shape index (κ1) is 19.5. The first-order valence-electron chi connectivity index (χ1n) is 9.65. The van der Waals surface area contributed by atoms with E-state index in [2.05, 4.69) is 10.3 Å². The maximum atomic E-state index is 12.9. The zero-order valence-electron chi connectivity index (χ0n) is 16.4. The van der Waals surface area contributed by atoms with Crippen LogP contribution in [-0.2, 0) is 11.3 Å². The molecule has 0 radical (unpaired) electrons. The summed E-state index contributed by atoms with van der Waals surface area (Å²) >= 11 is 1.34. The molecule has 6 nitrogen and oxygen atoms in total. The van der Waals surface area contributed by atoms with E-state index in [1.165, 1.54) is 11.8 Å². The van der Waals surface area contributed by atoms with Gasteiger partial charge in [-0.2, -0.15) is 0 Å². The molecule has 4 rings (SSSR count). The predicted octanol–water partition coefficient (Wildman–Crippen LogP) is 3.54. The number of fused-ring (bicyclic) bond motifs is 1. The molecule has 1 amide bonds. The summed E-state index contributed by atoms with van der Waals surface area (Å²) in [4.78, 5) is 30.3. The van der Waals surface area contributed by atoms with Gasteiger partial charge in [-0.25, -0.2) is 4.98 Å². The number of thioether (sulfide) groups is 1. The number of rotatable bonds is 7. The van der Waals surface area contributed by atoms with Gasteiger partial charge in [-0.1, -0.05) is 36.0 Å². The minimum absolute atomic E-state index is 0.0218. The molecule has 1 aliphatic rings. The van der Waals surface area contributed by atoms with Gasteiger partial charge < -0.3 is 10.1 Å². The number of nitrogens with one attached hydrogen (secondary N) is 1. The Hall–Kier alpha value is -2.80. The van der Waals surface area contributed by atoms with E-state index in [4.69, 9.17) is 4.74 Å². The highest BCUT2D eigenvalue weighted by molar-refractivity contribution is 8.00. The van der Waals surface area contributed by atoms with E-state index < -0.39 is 0 Å². The van der Waals surface area contributed by atoms with Crippen molar-refractivity contribution in [3.63, 3.8) is 0 Å². The number of amides is 1. The molecule has 1 N–H and O–H groups in total. The summed E-state index contributed by atoms with van der Waals surface area (Å²) in [5, 5.41) is 3.83. The molecule has 2 aromatic carbocycles. The first-order chi connectivity index (χ1) is 14.1. The van der Waals surface area contributed by atoms with E-state index in [0.717, 1.165) is 24.2 Å². The van der Waals surface area contributed by atoms with Gasteiger partial charge in [-0.05, 0) is 49.6 Å². The molecule has 1 atom stereocenters. The highest BCUT2D eigenvalue weighted by atomic mass is 32.2. The number of methoxy groups -OCH3 is 1. The van der Waals surface area contributed by atoms with Gasteiger partial charge in [-0.15, -0.1) is 0 Å². The predicted molar refractivity (Wildman–Crippen MR) is 114 cm³/mol. The van der Waals surface area contributed by atoms with Crippen LogP contribution < -0.4 is 15.6 Å². The Kier molecular flexibility index (Phi) is 5.58. The van der Waals surface area contributed by atoms with Crippen LogP contribution in [0.2, 0.25) is 0 Å². The largest absolute Gasteiger partial charge is 0.497 e. The van der Waals surface area contributed by atoms with Crippen molar-refractivity contribution in [2.75, 3.05) is 7.11 Å². The molecule has 1 fully saturated rings. The number of hydrogen-bond acceptors (Lipinski definition) is 5. The molecule has 0 aliphatic heterocycles. The number of hydrogen-bond donors (Lipinski definition) is 1. The molecule has 1 heterocycles. The maximum Gasteiger partial charge on any atom is 0.262 e. The Balaban J connectivity index is 1.49. The summed E-state index contributed by atoms with van der Waals surface area (Å²) in [6, 6.07) is 15.1. The molecule has 29 heavy (non-hydrogen) atoms. The Labute approximate surface area is 173 Å². The van der Waals surface area contributed by atoms with Crippen LogP contribution in [0.25, 0.3) is 10.9 Å². The topological polar surface area (TPSA) is 73.2 Å². The number of carbonyl (C=O) groups is 1. The van der Waals surface area contributed by atoms with Gasteiger partial charge in [0.1, 0.15) is 5.75 Å². The monoisotopic (exact) mass is 409 g/mol. The second-order valence-corrected chi connectivity index (χ2v) is 8.45. The minimum Gasteiger partial charge on any atom is -0.497 e. The number of nitrogens with zero attached hydrogens (tertiary/aromatic N) is 2. The lowest BCUT2D eigenvalue weighted by molar-refractivity contribution is -0.120. The number of para-hydroxylation sites is 1. The number of ether oxygens (including phenoxy) is 1. The highest BCUT2D eigenvalue weighted by Gasteiger charge is 2.30. The van der Waals surface area contributed by atoms with Crippen LogP contribution in [0.15, 0.2) is 58.5 Å². The van der Waals surface area contributed by atoms with E-state index >= 15 is 0 Å². The fraction of sp³-hybridized carbons (Fsp3) is 0.318. The van der Waals surface area contributed by atoms with Crippen molar-refractivity contribution in [3.05, 3.63) is 64.4 Å². The van der Waals surface area contributed by atoms with Crippen molar-refractivity contribution in [2.24, 2.45) is 0 Å². The van der Waals surface area contributed by atoms with Gasteiger partial charge in [-0.3, -0.25) is 14.2 Å². The van der Waals surface area contributed by atoms with Crippen molar-refractivity contribution in [3.8, 4) is 5.75 Å². The molecule has 0 saturated heterocycles. The highest BCUT2D eigenvalue weighted by Crippen LogP contribution is 2.37. The zero-order chi connectivity index (χ0) is 20.4. The van der Waals surface area contributed by atoms with Crippen LogP contribution in [0.3, 0.4) is 0 Å². The zero-order valence-corrected chi connectivity index (χ0v) is 17.2. The molecule has 150 valence electrons. The number of carbonyl (C=O) groups excluding carboxylic acids is 1. The van der Waals surface area contributed by atoms with Crippen molar-refractivity contribution in [1.29, 1.82) is 0 Å². The lowest BCUT2D eigenvalue weighted by Crippen LogP contribution is -2.31. The van der Waals surface area contributed by atoms with Gasteiger partial charge >= 0.3 is 0 Å². The standard InChI is InChI=1S/C22H23N3O3S/c1-14(20(26)23-13-15-7-11-17(28-2)12-8-15)29-22-24-19-6-4-3-5-18(19)21(27)25(22)16-9-10-16/h3-8,11-12,14,16H,9-10,13H2,1-2H3,(H,23,26)/t14-/m1/s1. The number of benzene rings is 2. The van der Waals surface area contributed by atoms with Crippen LogP contribution >= 0.6 is 11.8 Å². The van der Waals surface area contributed by atoms with Crippen LogP contribution in [0.1, 0.15) is 31.4 Å². The average Bonchev–Trinajstić information content (AvgIpc) is 3.57. The second-order valence-electron chi connectivity index (χ2n) is 7.14. The molecule has 7 heteroatoms. The van der Waals surface area contributed by atoms with Crippen molar-refractivity contribution in [2.45, 2.75) is 42.8 Å². The smallest absolute Gasteiger partial charge is 0.262 e. The SMILES string of the molecule is COc1ccc(CNC(=O)[C@@H](C)Sc2nc3ccccc3c(=O)n2C2CC2)cc1. The quantitative estimate of drug-likeness (QED) is 0.477. The Bertz CT molecular complexity index is 1090.